The highest BCUT2D eigenvalue weighted by Crippen LogP contribution is 2.39. The second kappa shape index (κ2) is 8.35. The quantitative estimate of drug-likeness (QED) is 0.588. The van der Waals surface area contributed by atoms with Gasteiger partial charge < -0.3 is 19.3 Å². The van der Waals surface area contributed by atoms with E-state index < -0.39 is 23.5 Å². The molecule has 1 N–H and O–H groups in total. The van der Waals surface area contributed by atoms with E-state index in [2.05, 4.69) is 4.98 Å². The molecule has 3 heterocycles. The number of aliphatic hydroxyl groups is 1. The van der Waals surface area contributed by atoms with E-state index in [0.29, 0.717) is 24.1 Å². The van der Waals surface area contributed by atoms with Crippen LogP contribution in [0.2, 0.25) is 0 Å². The average Bonchev–Trinajstić information content (AvgIpc) is 3.27. The Bertz CT molecular complexity index is 1160. The first-order valence-electron chi connectivity index (χ1n) is 10.2. The van der Waals surface area contributed by atoms with Crippen LogP contribution >= 0.6 is 0 Å². The smallest absolute Gasteiger partial charge is 0.290 e. The van der Waals surface area contributed by atoms with Crippen LogP contribution in [-0.4, -0.2) is 58.8 Å². The van der Waals surface area contributed by atoms with Gasteiger partial charge in [0.05, 0.1) is 11.6 Å². The number of aryl methyl sites for hydroxylation is 1. The topological polar surface area (TPSA) is 86.9 Å². The maximum atomic E-state index is 13.5. The van der Waals surface area contributed by atoms with Gasteiger partial charge in [0, 0.05) is 24.3 Å². The Morgan fingerprint density at radius 2 is 1.94 bits per heavy atom. The fourth-order valence-electron chi connectivity index (χ4n) is 3.97. The zero-order valence-corrected chi connectivity index (χ0v) is 17.8. The molecule has 2 aromatic heterocycles. The monoisotopic (exact) mass is 419 g/mol. The Kier molecular flexibility index (Phi) is 5.61. The largest absolute Gasteiger partial charge is 0.503 e. The molecule has 0 aliphatic carbocycles. The molecule has 7 heteroatoms. The van der Waals surface area contributed by atoms with Crippen LogP contribution < -0.4 is 0 Å². The number of carbonyl (C=O) groups excluding carboxylic acids is 2. The third-order valence-corrected chi connectivity index (χ3v) is 5.47. The average molecular weight is 419 g/mol. The van der Waals surface area contributed by atoms with Crippen molar-refractivity contribution in [2.75, 3.05) is 27.2 Å². The van der Waals surface area contributed by atoms with Crippen LogP contribution in [0.25, 0.3) is 11.0 Å². The number of carbonyl (C=O) groups is 2. The molecule has 160 valence electrons. The summed E-state index contributed by atoms with van der Waals surface area (Å²) in [5.74, 6) is -1.45. The highest BCUT2D eigenvalue weighted by atomic mass is 16.3. The number of fused-ring (bicyclic) bond motifs is 1. The van der Waals surface area contributed by atoms with E-state index in [9.17, 15) is 14.7 Å². The van der Waals surface area contributed by atoms with Crippen LogP contribution in [0, 0.1) is 6.92 Å². The normalized spacial score (nSPS) is 16.7. The summed E-state index contributed by atoms with van der Waals surface area (Å²) in [4.78, 5) is 34.0. The Morgan fingerprint density at radius 1 is 1.19 bits per heavy atom. The van der Waals surface area contributed by atoms with Gasteiger partial charge in [-0.05, 0) is 69.9 Å². The van der Waals surface area contributed by atoms with E-state index in [4.69, 9.17) is 4.42 Å². The minimum atomic E-state index is -0.694. The van der Waals surface area contributed by atoms with E-state index in [1.54, 1.807) is 35.5 Å². The number of benzene rings is 1. The number of Topliss-reactive ketones (excluding diaryl/α,β-unsaturated/α-hetero) is 1. The Morgan fingerprint density at radius 3 is 2.65 bits per heavy atom. The molecule has 3 aromatic rings. The Hall–Kier alpha value is -3.45. The summed E-state index contributed by atoms with van der Waals surface area (Å²) < 4.78 is 5.77. The fraction of sp³-hybridized carbons (Fsp3) is 0.292. The zero-order valence-electron chi connectivity index (χ0n) is 17.8. The van der Waals surface area contributed by atoms with Crippen molar-refractivity contribution in [3.63, 3.8) is 0 Å². The lowest BCUT2D eigenvalue weighted by Crippen LogP contribution is -2.33. The molecule has 0 fully saturated rings. The number of hydrogen-bond acceptors (Lipinski definition) is 6. The second-order valence-corrected chi connectivity index (χ2v) is 8.08. The van der Waals surface area contributed by atoms with Crippen LogP contribution in [0.15, 0.2) is 64.5 Å². The fourth-order valence-corrected chi connectivity index (χ4v) is 3.97. The predicted molar refractivity (Wildman–Crippen MR) is 117 cm³/mol. The highest BCUT2D eigenvalue weighted by Gasteiger charge is 2.44. The molecule has 1 aromatic carbocycles. The second-order valence-electron chi connectivity index (χ2n) is 8.08. The summed E-state index contributed by atoms with van der Waals surface area (Å²) in [6, 6.07) is 10.1. The number of nitrogens with zero attached hydrogens (tertiary/aromatic N) is 3. The number of hydrogen-bond donors (Lipinski definition) is 1. The van der Waals surface area contributed by atoms with Gasteiger partial charge in [0.25, 0.3) is 5.91 Å². The van der Waals surface area contributed by atoms with Crippen LogP contribution in [0.5, 0.6) is 0 Å². The number of amides is 1. The molecule has 31 heavy (non-hydrogen) atoms. The van der Waals surface area contributed by atoms with Gasteiger partial charge in [-0.15, -0.1) is 0 Å². The summed E-state index contributed by atoms with van der Waals surface area (Å²) in [6.45, 7) is 3.15. The number of furan rings is 1. The van der Waals surface area contributed by atoms with Crippen molar-refractivity contribution in [1.29, 1.82) is 0 Å². The van der Waals surface area contributed by atoms with Crippen molar-refractivity contribution in [2.24, 2.45) is 0 Å². The van der Waals surface area contributed by atoms with Gasteiger partial charge >= 0.3 is 0 Å². The van der Waals surface area contributed by atoms with Crippen LogP contribution in [0.3, 0.4) is 0 Å². The molecule has 4 rings (SSSR count). The molecule has 1 aliphatic rings. The maximum absolute atomic E-state index is 13.5. The number of rotatable bonds is 7. The Labute approximate surface area is 180 Å². The molecule has 1 aliphatic heterocycles. The minimum Gasteiger partial charge on any atom is -0.503 e. The van der Waals surface area contributed by atoms with Gasteiger partial charge in [0.15, 0.2) is 11.5 Å². The molecule has 0 saturated carbocycles. The summed E-state index contributed by atoms with van der Waals surface area (Å²) in [5.41, 5.74) is 2.39. The van der Waals surface area contributed by atoms with Gasteiger partial charge in [-0.25, -0.2) is 0 Å². The number of pyridine rings is 1. The van der Waals surface area contributed by atoms with Crippen molar-refractivity contribution in [1.82, 2.24) is 14.8 Å². The first kappa shape index (κ1) is 20.8. The molecule has 0 radical (unpaired) electrons. The first-order chi connectivity index (χ1) is 14.9. The summed E-state index contributed by atoms with van der Waals surface area (Å²) in [6.07, 6.45) is 3.93. The molecule has 1 unspecified atom stereocenters. The standard InChI is InChI=1S/C24H25N3O4/c1-15-5-6-18-17(13-15)14-19(31-18)22(28)20-21(16-7-9-25-10-8-16)27(24(30)23(20)29)12-4-11-26(2)3/h5-10,13-14,21,29H,4,11-12H2,1-3H3. The van der Waals surface area contributed by atoms with E-state index in [1.165, 1.54) is 0 Å². The van der Waals surface area contributed by atoms with E-state index >= 15 is 0 Å². The van der Waals surface area contributed by atoms with Gasteiger partial charge in [0.2, 0.25) is 5.78 Å². The summed E-state index contributed by atoms with van der Waals surface area (Å²) >= 11 is 0. The molecule has 0 saturated heterocycles. The third kappa shape index (κ3) is 3.96. The van der Waals surface area contributed by atoms with E-state index in [0.717, 1.165) is 17.5 Å². The van der Waals surface area contributed by atoms with Gasteiger partial charge in [-0.2, -0.15) is 0 Å². The lowest BCUT2D eigenvalue weighted by molar-refractivity contribution is -0.129. The highest BCUT2D eigenvalue weighted by molar-refractivity contribution is 6.16. The number of ketones is 1. The van der Waals surface area contributed by atoms with Gasteiger partial charge in [-0.3, -0.25) is 14.6 Å². The first-order valence-corrected chi connectivity index (χ1v) is 10.2. The molecule has 0 spiro atoms. The van der Waals surface area contributed by atoms with Gasteiger partial charge in [0.1, 0.15) is 5.58 Å². The Balaban J connectivity index is 1.73. The SMILES string of the molecule is Cc1ccc2oc(C(=O)C3=C(O)C(=O)N(CCCN(C)C)C3c3ccncc3)cc2c1. The predicted octanol–water partition coefficient (Wildman–Crippen LogP) is 3.67. The van der Waals surface area contributed by atoms with E-state index in [1.807, 2.05) is 44.1 Å². The minimum absolute atomic E-state index is 0.0387. The summed E-state index contributed by atoms with van der Waals surface area (Å²) in [7, 11) is 3.92. The van der Waals surface area contributed by atoms with Crippen molar-refractivity contribution < 1.29 is 19.1 Å². The van der Waals surface area contributed by atoms with Crippen molar-refractivity contribution >= 4 is 22.7 Å². The molecule has 1 amide bonds. The van der Waals surface area contributed by atoms with Crippen LogP contribution in [0.4, 0.5) is 0 Å². The van der Waals surface area contributed by atoms with Crippen molar-refractivity contribution in [3.8, 4) is 0 Å². The molecular weight excluding hydrogens is 394 g/mol. The van der Waals surface area contributed by atoms with Crippen molar-refractivity contribution in [3.05, 3.63) is 77.0 Å². The molecule has 0 bridgehead atoms. The summed E-state index contributed by atoms with van der Waals surface area (Å²) in [5, 5.41) is 11.5. The van der Waals surface area contributed by atoms with Crippen LogP contribution in [0.1, 0.15) is 34.1 Å². The number of aliphatic hydroxyl groups excluding tert-OH is 1. The lowest BCUT2D eigenvalue weighted by Gasteiger charge is -2.27. The number of aromatic nitrogens is 1. The lowest BCUT2D eigenvalue weighted by atomic mass is 9.95. The molecule has 7 nitrogen and oxygen atoms in total. The van der Waals surface area contributed by atoms with Crippen LogP contribution in [-0.2, 0) is 4.79 Å². The van der Waals surface area contributed by atoms with Gasteiger partial charge in [-0.1, -0.05) is 11.6 Å². The van der Waals surface area contributed by atoms with Crippen molar-refractivity contribution in [2.45, 2.75) is 19.4 Å². The van der Waals surface area contributed by atoms with E-state index in [-0.39, 0.29) is 11.3 Å². The zero-order chi connectivity index (χ0) is 22.1. The molecular formula is C24H25N3O4. The molecule has 1 atom stereocenters. The third-order valence-electron chi connectivity index (χ3n) is 5.47. The maximum Gasteiger partial charge on any atom is 0.290 e.